The minimum absolute atomic E-state index is 0.0574. The van der Waals surface area contributed by atoms with Gasteiger partial charge in [-0.05, 0) is 13.0 Å². The summed E-state index contributed by atoms with van der Waals surface area (Å²) in [4.78, 5) is 3.88. The fraction of sp³-hybridized carbons (Fsp3) is 0.500. The molecule has 0 aliphatic rings. The van der Waals surface area contributed by atoms with Crippen molar-refractivity contribution in [2.75, 3.05) is 6.61 Å². The van der Waals surface area contributed by atoms with E-state index < -0.39 is 18.7 Å². The van der Waals surface area contributed by atoms with Gasteiger partial charge in [0.15, 0.2) is 6.61 Å². The lowest BCUT2D eigenvalue weighted by Crippen LogP contribution is -2.41. The van der Waals surface area contributed by atoms with Crippen molar-refractivity contribution in [3.63, 3.8) is 0 Å². The second-order valence-corrected chi connectivity index (χ2v) is 3.85. The number of aromatic nitrogens is 1. The smallest absolute Gasteiger partial charge is 0.456 e. The molecule has 0 N–H and O–H groups in total. The van der Waals surface area contributed by atoms with Crippen LogP contribution >= 0.6 is 12.6 Å². The van der Waals surface area contributed by atoms with Crippen LogP contribution in [0.25, 0.3) is 0 Å². The molecular formula is C10H10F5NOS. The number of pyridine rings is 1. The van der Waals surface area contributed by atoms with Crippen LogP contribution in [0.2, 0.25) is 0 Å². The second-order valence-electron chi connectivity index (χ2n) is 3.53. The number of halogens is 5. The molecular weight excluding hydrogens is 277 g/mol. The highest BCUT2D eigenvalue weighted by Gasteiger charge is 2.58. The number of ether oxygens (including phenoxy) is 1. The van der Waals surface area contributed by atoms with Crippen LogP contribution in [0.15, 0.2) is 12.3 Å². The standard InChI is InChI=1S/C10H10F5NOS/c1-6-7(4-18)16-3-2-8(6)17-5-9(11,12)10(13,14)15/h2-3,18H,4-5H2,1H3. The van der Waals surface area contributed by atoms with Gasteiger partial charge in [-0.2, -0.15) is 34.6 Å². The molecule has 0 fully saturated rings. The molecule has 0 aromatic carbocycles. The Kier molecular flexibility index (Phi) is 4.41. The number of rotatable bonds is 4. The Hall–Kier alpha value is -1.05. The first-order valence-electron chi connectivity index (χ1n) is 4.81. The van der Waals surface area contributed by atoms with Crippen molar-refractivity contribution in [2.45, 2.75) is 24.8 Å². The van der Waals surface area contributed by atoms with Crippen molar-refractivity contribution in [1.82, 2.24) is 4.98 Å². The Morgan fingerprint density at radius 1 is 1.28 bits per heavy atom. The predicted octanol–water partition coefficient (Wildman–Crippen LogP) is 3.40. The molecule has 102 valence electrons. The zero-order valence-corrected chi connectivity index (χ0v) is 10.2. The first kappa shape index (κ1) is 15.0. The van der Waals surface area contributed by atoms with Crippen LogP contribution in [-0.4, -0.2) is 23.7 Å². The van der Waals surface area contributed by atoms with E-state index in [1.165, 1.54) is 19.2 Å². The maximum absolute atomic E-state index is 12.6. The Labute approximate surface area is 106 Å². The molecule has 0 saturated carbocycles. The van der Waals surface area contributed by atoms with Gasteiger partial charge in [-0.3, -0.25) is 4.98 Å². The number of nitrogens with zero attached hydrogens (tertiary/aromatic N) is 1. The lowest BCUT2D eigenvalue weighted by Gasteiger charge is -2.20. The highest BCUT2D eigenvalue weighted by molar-refractivity contribution is 7.79. The molecule has 0 radical (unpaired) electrons. The molecule has 1 rings (SSSR count). The van der Waals surface area contributed by atoms with Crippen LogP contribution in [0.5, 0.6) is 5.75 Å². The highest BCUT2D eigenvalue weighted by atomic mass is 32.1. The number of alkyl halides is 5. The topological polar surface area (TPSA) is 22.1 Å². The van der Waals surface area contributed by atoms with Gasteiger partial charge in [0.25, 0.3) is 0 Å². The van der Waals surface area contributed by atoms with Crippen LogP contribution in [-0.2, 0) is 5.75 Å². The monoisotopic (exact) mass is 287 g/mol. The fourth-order valence-corrected chi connectivity index (χ4v) is 1.44. The second kappa shape index (κ2) is 5.29. The molecule has 2 nitrogen and oxygen atoms in total. The molecule has 0 bridgehead atoms. The first-order chi connectivity index (χ1) is 8.19. The van der Waals surface area contributed by atoms with Crippen molar-refractivity contribution >= 4 is 12.6 Å². The Balaban J connectivity index is 2.82. The summed E-state index contributed by atoms with van der Waals surface area (Å²) in [6, 6.07) is 1.23. The molecule has 0 aliphatic heterocycles. The summed E-state index contributed by atoms with van der Waals surface area (Å²) in [5.74, 6) is -4.71. The molecule has 1 aromatic rings. The van der Waals surface area contributed by atoms with Crippen LogP contribution in [0.4, 0.5) is 22.0 Å². The summed E-state index contributed by atoms with van der Waals surface area (Å²) < 4.78 is 65.6. The van der Waals surface area contributed by atoms with E-state index in [9.17, 15) is 22.0 Å². The Bertz CT molecular complexity index is 421. The summed E-state index contributed by atoms with van der Waals surface area (Å²) in [6.45, 7) is -0.243. The summed E-state index contributed by atoms with van der Waals surface area (Å²) in [5.41, 5.74) is 0.858. The summed E-state index contributed by atoms with van der Waals surface area (Å²) in [5, 5.41) is 0. The first-order valence-corrected chi connectivity index (χ1v) is 5.45. The molecule has 1 aromatic heterocycles. The quantitative estimate of drug-likeness (QED) is 0.677. The average Bonchev–Trinajstić information content (AvgIpc) is 2.26. The van der Waals surface area contributed by atoms with Crippen molar-refractivity contribution in [1.29, 1.82) is 0 Å². The number of hydrogen-bond acceptors (Lipinski definition) is 3. The predicted molar refractivity (Wildman–Crippen MR) is 58.2 cm³/mol. The minimum atomic E-state index is -5.62. The third-order valence-corrected chi connectivity index (χ3v) is 2.53. The van der Waals surface area contributed by atoms with E-state index in [4.69, 9.17) is 0 Å². The third-order valence-electron chi connectivity index (χ3n) is 2.23. The molecule has 1 heterocycles. The zero-order valence-electron chi connectivity index (χ0n) is 9.26. The molecule has 18 heavy (non-hydrogen) atoms. The minimum Gasteiger partial charge on any atom is -0.487 e. The van der Waals surface area contributed by atoms with Crippen LogP contribution in [0.3, 0.4) is 0 Å². The van der Waals surface area contributed by atoms with Gasteiger partial charge in [0.05, 0.1) is 5.69 Å². The lowest BCUT2D eigenvalue weighted by molar-refractivity contribution is -0.290. The highest BCUT2D eigenvalue weighted by Crippen LogP contribution is 2.36. The summed E-state index contributed by atoms with van der Waals surface area (Å²) >= 11 is 3.95. The van der Waals surface area contributed by atoms with E-state index in [0.717, 1.165) is 0 Å². The maximum atomic E-state index is 12.6. The van der Waals surface area contributed by atoms with Crippen LogP contribution in [0.1, 0.15) is 11.3 Å². The van der Waals surface area contributed by atoms with Gasteiger partial charge < -0.3 is 4.74 Å². The molecule has 0 unspecified atom stereocenters. The molecule has 0 aliphatic carbocycles. The van der Waals surface area contributed by atoms with E-state index in [2.05, 4.69) is 22.3 Å². The van der Waals surface area contributed by atoms with Crippen molar-refractivity contribution in [2.24, 2.45) is 0 Å². The van der Waals surface area contributed by atoms with Crippen LogP contribution < -0.4 is 4.74 Å². The van der Waals surface area contributed by atoms with E-state index in [1.54, 1.807) is 0 Å². The maximum Gasteiger partial charge on any atom is 0.456 e. The van der Waals surface area contributed by atoms with Gasteiger partial charge in [-0.1, -0.05) is 0 Å². The van der Waals surface area contributed by atoms with Crippen molar-refractivity contribution < 1.29 is 26.7 Å². The molecule has 0 saturated heterocycles. The van der Waals surface area contributed by atoms with E-state index in [-0.39, 0.29) is 11.5 Å². The van der Waals surface area contributed by atoms with Crippen molar-refractivity contribution in [3.8, 4) is 5.75 Å². The SMILES string of the molecule is Cc1c(OCC(F)(F)C(F)(F)F)ccnc1CS. The largest absolute Gasteiger partial charge is 0.487 e. The fourth-order valence-electron chi connectivity index (χ4n) is 1.12. The number of hydrogen-bond donors (Lipinski definition) is 1. The van der Waals surface area contributed by atoms with Gasteiger partial charge in [0.1, 0.15) is 5.75 Å². The van der Waals surface area contributed by atoms with Crippen molar-refractivity contribution in [3.05, 3.63) is 23.5 Å². The van der Waals surface area contributed by atoms with Gasteiger partial charge >= 0.3 is 12.1 Å². The molecule has 0 amide bonds. The normalized spacial score (nSPS) is 12.6. The Morgan fingerprint density at radius 2 is 1.89 bits per heavy atom. The number of thiol groups is 1. The Morgan fingerprint density at radius 3 is 2.39 bits per heavy atom. The van der Waals surface area contributed by atoms with E-state index in [1.807, 2.05) is 0 Å². The van der Waals surface area contributed by atoms with Gasteiger partial charge in [-0.25, -0.2) is 0 Å². The van der Waals surface area contributed by atoms with E-state index in [0.29, 0.717) is 11.3 Å². The third kappa shape index (κ3) is 3.24. The van der Waals surface area contributed by atoms with Gasteiger partial charge in [0.2, 0.25) is 0 Å². The van der Waals surface area contributed by atoms with Gasteiger partial charge in [0, 0.05) is 17.5 Å². The van der Waals surface area contributed by atoms with Crippen LogP contribution in [0, 0.1) is 6.92 Å². The zero-order chi connectivity index (χ0) is 14.0. The van der Waals surface area contributed by atoms with E-state index >= 15 is 0 Å². The summed E-state index contributed by atoms with van der Waals surface area (Å²) in [6.07, 6.45) is -4.36. The molecule has 0 spiro atoms. The molecule has 0 atom stereocenters. The summed E-state index contributed by atoms with van der Waals surface area (Å²) in [7, 11) is 0. The van der Waals surface area contributed by atoms with Gasteiger partial charge in [-0.15, -0.1) is 0 Å². The molecule has 8 heteroatoms. The lowest BCUT2D eigenvalue weighted by atomic mass is 10.2. The average molecular weight is 287 g/mol.